The number of amides is 1. The molecule has 1 atom stereocenters. The van der Waals surface area contributed by atoms with Gasteiger partial charge in [-0.2, -0.15) is 0 Å². The lowest BCUT2D eigenvalue weighted by Crippen LogP contribution is -2.42. The molecular formula is C19H26FN5O. The number of hydrogen-bond donors (Lipinski definition) is 1. The molecule has 2 heterocycles. The van der Waals surface area contributed by atoms with Crippen molar-refractivity contribution in [1.29, 1.82) is 0 Å². The molecule has 0 bridgehead atoms. The molecule has 0 spiro atoms. The summed E-state index contributed by atoms with van der Waals surface area (Å²) in [5.74, 6) is 0.390. The highest BCUT2D eigenvalue weighted by Crippen LogP contribution is 2.20. The van der Waals surface area contributed by atoms with Crippen molar-refractivity contribution < 1.29 is 9.18 Å². The molecule has 1 saturated heterocycles. The van der Waals surface area contributed by atoms with E-state index in [2.05, 4.69) is 22.3 Å². The molecule has 0 aliphatic carbocycles. The average Bonchev–Trinajstić information content (AvgIpc) is 3.28. The summed E-state index contributed by atoms with van der Waals surface area (Å²) in [7, 11) is 0. The van der Waals surface area contributed by atoms with E-state index in [0.717, 1.165) is 25.9 Å². The summed E-state index contributed by atoms with van der Waals surface area (Å²) in [6.45, 7) is 8.42. The summed E-state index contributed by atoms with van der Waals surface area (Å²) in [5.41, 5.74) is 0.574. The van der Waals surface area contributed by atoms with E-state index < -0.39 is 0 Å². The van der Waals surface area contributed by atoms with Crippen LogP contribution >= 0.6 is 0 Å². The van der Waals surface area contributed by atoms with Gasteiger partial charge in [0.05, 0.1) is 5.69 Å². The summed E-state index contributed by atoms with van der Waals surface area (Å²) in [4.78, 5) is 19.5. The third kappa shape index (κ3) is 3.77. The highest BCUT2D eigenvalue weighted by molar-refractivity contribution is 5.90. The molecule has 1 aliphatic heterocycles. The van der Waals surface area contributed by atoms with Gasteiger partial charge >= 0.3 is 0 Å². The van der Waals surface area contributed by atoms with E-state index >= 15 is 0 Å². The Balaban J connectivity index is 1.96. The topological polar surface area (TPSA) is 63.1 Å². The van der Waals surface area contributed by atoms with Crippen LogP contribution in [-0.2, 0) is 0 Å². The van der Waals surface area contributed by atoms with Crippen molar-refractivity contribution in [3.8, 4) is 5.69 Å². The minimum atomic E-state index is -0.342. The van der Waals surface area contributed by atoms with Crippen molar-refractivity contribution in [2.24, 2.45) is 0 Å². The third-order valence-electron chi connectivity index (χ3n) is 4.59. The lowest BCUT2D eigenvalue weighted by Gasteiger charge is -2.26. The lowest BCUT2D eigenvalue weighted by atomic mass is 10.2. The van der Waals surface area contributed by atoms with Crippen LogP contribution in [0.25, 0.3) is 5.69 Å². The molecule has 0 radical (unpaired) electrons. The predicted molar refractivity (Wildman–Crippen MR) is 98.0 cm³/mol. The standard InChI is InChI=1S/C19H26FN5O/c1-4-10-24(16-8-9-21-12-16)19(26)17-22-18(13(2)3)25(23-17)15-7-5-6-14(20)11-15/h5-7,11,13,16,21H,4,8-10,12H2,1-3H3. The first-order valence-electron chi connectivity index (χ1n) is 9.25. The normalized spacial score (nSPS) is 17.0. The maximum absolute atomic E-state index is 13.6. The maximum Gasteiger partial charge on any atom is 0.293 e. The number of halogens is 1. The predicted octanol–water partition coefficient (Wildman–Crippen LogP) is 2.74. The smallest absolute Gasteiger partial charge is 0.293 e. The zero-order chi connectivity index (χ0) is 18.7. The Labute approximate surface area is 153 Å². The zero-order valence-corrected chi connectivity index (χ0v) is 15.6. The number of hydrogen-bond acceptors (Lipinski definition) is 4. The Hall–Kier alpha value is -2.28. The van der Waals surface area contributed by atoms with Crippen LogP contribution in [0.5, 0.6) is 0 Å². The van der Waals surface area contributed by atoms with Gasteiger partial charge in [0.25, 0.3) is 5.91 Å². The van der Waals surface area contributed by atoms with Crippen LogP contribution in [-0.4, -0.2) is 51.2 Å². The van der Waals surface area contributed by atoms with Crippen molar-refractivity contribution in [3.63, 3.8) is 0 Å². The molecule has 1 N–H and O–H groups in total. The quantitative estimate of drug-likeness (QED) is 0.861. The molecule has 1 amide bonds. The SMILES string of the molecule is CCCN(C(=O)c1nc(C(C)C)n(-c2cccc(F)c2)n1)C1CCNC1. The van der Waals surface area contributed by atoms with Gasteiger partial charge in [-0.15, -0.1) is 5.10 Å². The number of rotatable bonds is 6. The monoisotopic (exact) mass is 359 g/mol. The largest absolute Gasteiger partial charge is 0.332 e. The fraction of sp³-hybridized carbons (Fsp3) is 0.526. The van der Waals surface area contributed by atoms with Crippen LogP contribution in [0.1, 0.15) is 56.0 Å². The third-order valence-corrected chi connectivity index (χ3v) is 4.59. The van der Waals surface area contributed by atoms with Crippen LogP contribution in [0, 0.1) is 5.82 Å². The number of carbonyl (C=O) groups is 1. The van der Waals surface area contributed by atoms with Crippen molar-refractivity contribution in [2.45, 2.75) is 45.6 Å². The Morgan fingerprint density at radius 2 is 2.27 bits per heavy atom. The van der Waals surface area contributed by atoms with Gasteiger partial charge < -0.3 is 10.2 Å². The number of aromatic nitrogens is 3. The number of benzene rings is 1. The summed E-state index contributed by atoms with van der Waals surface area (Å²) >= 11 is 0. The molecule has 2 aromatic rings. The van der Waals surface area contributed by atoms with Gasteiger partial charge in [-0.1, -0.05) is 26.8 Å². The first-order valence-corrected chi connectivity index (χ1v) is 9.25. The summed E-state index contributed by atoms with van der Waals surface area (Å²) < 4.78 is 15.2. The fourth-order valence-corrected chi connectivity index (χ4v) is 3.31. The van der Waals surface area contributed by atoms with E-state index in [1.807, 2.05) is 18.7 Å². The van der Waals surface area contributed by atoms with Crippen LogP contribution in [0.2, 0.25) is 0 Å². The van der Waals surface area contributed by atoms with Gasteiger partial charge in [0.2, 0.25) is 5.82 Å². The van der Waals surface area contributed by atoms with Gasteiger partial charge in [-0.05, 0) is 37.6 Å². The molecule has 0 saturated carbocycles. The first-order chi connectivity index (χ1) is 12.5. The lowest BCUT2D eigenvalue weighted by molar-refractivity contribution is 0.0679. The average molecular weight is 359 g/mol. The summed E-state index contributed by atoms with van der Waals surface area (Å²) in [6, 6.07) is 6.36. The van der Waals surface area contributed by atoms with E-state index in [9.17, 15) is 9.18 Å². The van der Waals surface area contributed by atoms with Gasteiger partial charge in [0.1, 0.15) is 11.6 Å². The Morgan fingerprint density at radius 1 is 1.46 bits per heavy atom. The van der Waals surface area contributed by atoms with E-state index in [0.29, 0.717) is 18.1 Å². The molecule has 26 heavy (non-hydrogen) atoms. The van der Waals surface area contributed by atoms with E-state index in [4.69, 9.17) is 0 Å². The highest BCUT2D eigenvalue weighted by atomic mass is 19.1. The first kappa shape index (κ1) is 18.5. The van der Waals surface area contributed by atoms with Gasteiger partial charge in [-0.25, -0.2) is 14.1 Å². The van der Waals surface area contributed by atoms with Gasteiger partial charge in [0.15, 0.2) is 0 Å². The van der Waals surface area contributed by atoms with Crippen LogP contribution in [0.3, 0.4) is 0 Å². The number of nitrogens with zero attached hydrogens (tertiary/aromatic N) is 4. The molecule has 1 aliphatic rings. The summed E-state index contributed by atoms with van der Waals surface area (Å²) in [6.07, 6.45) is 1.82. The second-order valence-electron chi connectivity index (χ2n) is 6.99. The summed E-state index contributed by atoms with van der Waals surface area (Å²) in [5, 5.41) is 7.75. The van der Waals surface area contributed by atoms with E-state index in [1.54, 1.807) is 16.8 Å². The number of carbonyl (C=O) groups excluding carboxylic acids is 1. The minimum Gasteiger partial charge on any atom is -0.332 e. The molecule has 1 unspecified atom stereocenters. The van der Waals surface area contributed by atoms with Crippen LogP contribution in [0.4, 0.5) is 4.39 Å². The molecule has 140 valence electrons. The molecule has 6 nitrogen and oxygen atoms in total. The Bertz CT molecular complexity index is 767. The highest BCUT2D eigenvalue weighted by Gasteiger charge is 2.30. The Morgan fingerprint density at radius 3 is 2.88 bits per heavy atom. The number of nitrogens with one attached hydrogen (secondary N) is 1. The zero-order valence-electron chi connectivity index (χ0n) is 15.6. The molecule has 1 fully saturated rings. The molecular weight excluding hydrogens is 333 g/mol. The molecule has 3 rings (SSSR count). The maximum atomic E-state index is 13.6. The van der Waals surface area contributed by atoms with Gasteiger partial charge in [-0.3, -0.25) is 4.79 Å². The van der Waals surface area contributed by atoms with E-state index in [-0.39, 0.29) is 29.5 Å². The molecule has 1 aromatic heterocycles. The van der Waals surface area contributed by atoms with Crippen LogP contribution in [0.15, 0.2) is 24.3 Å². The molecule has 7 heteroatoms. The van der Waals surface area contributed by atoms with E-state index in [1.165, 1.54) is 12.1 Å². The van der Waals surface area contributed by atoms with Crippen molar-refractivity contribution >= 4 is 5.91 Å². The van der Waals surface area contributed by atoms with Crippen molar-refractivity contribution in [1.82, 2.24) is 25.0 Å². The van der Waals surface area contributed by atoms with Crippen LogP contribution < -0.4 is 5.32 Å². The second-order valence-corrected chi connectivity index (χ2v) is 6.99. The van der Waals surface area contributed by atoms with Gasteiger partial charge in [0, 0.05) is 25.0 Å². The second kappa shape index (κ2) is 7.95. The minimum absolute atomic E-state index is 0.0556. The van der Waals surface area contributed by atoms with Crippen molar-refractivity contribution in [3.05, 3.63) is 41.7 Å². The van der Waals surface area contributed by atoms with Crippen molar-refractivity contribution in [2.75, 3.05) is 19.6 Å². The Kier molecular flexibility index (Phi) is 5.66. The molecule has 1 aromatic carbocycles. The fourth-order valence-electron chi connectivity index (χ4n) is 3.31.